The van der Waals surface area contributed by atoms with E-state index in [0.717, 1.165) is 24.5 Å². The minimum atomic E-state index is -0.417. The van der Waals surface area contributed by atoms with E-state index in [2.05, 4.69) is 15.5 Å². The van der Waals surface area contributed by atoms with Gasteiger partial charge in [0.05, 0.1) is 24.0 Å². The third-order valence-corrected chi connectivity index (χ3v) is 5.65. The third-order valence-electron chi connectivity index (χ3n) is 5.21. The predicted octanol–water partition coefficient (Wildman–Crippen LogP) is 3.78. The van der Waals surface area contributed by atoms with E-state index in [4.69, 9.17) is 28.6 Å². The minimum absolute atomic E-state index is 0.00499. The van der Waals surface area contributed by atoms with Crippen LogP contribution >= 0.6 is 23.8 Å². The van der Waals surface area contributed by atoms with E-state index >= 15 is 0 Å². The smallest absolute Gasteiger partial charge is 0.261 e. The van der Waals surface area contributed by atoms with Gasteiger partial charge in [-0.25, -0.2) is 0 Å². The second kappa shape index (κ2) is 10.7. The molecule has 0 aliphatic carbocycles. The number of para-hydroxylation sites is 2. The Hall–Kier alpha value is -2.84. The van der Waals surface area contributed by atoms with Crippen molar-refractivity contribution < 1.29 is 14.3 Å². The molecule has 0 atom stereocenters. The molecular weight excluding hydrogens is 448 g/mol. The summed E-state index contributed by atoms with van der Waals surface area (Å²) >= 11 is 11.4. The van der Waals surface area contributed by atoms with Crippen LogP contribution in [0, 0.1) is 5.92 Å². The number of piperazine rings is 1. The number of nitrogens with one attached hydrogen (secondary N) is 2. The maximum atomic E-state index is 12.7. The van der Waals surface area contributed by atoms with Crippen LogP contribution in [0.4, 0.5) is 11.4 Å². The number of ether oxygens (including phenoxy) is 1. The van der Waals surface area contributed by atoms with Crippen molar-refractivity contribution in [2.24, 2.45) is 5.92 Å². The van der Waals surface area contributed by atoms with Crippen LogP contribution in [0.15, 0.2) is 42.5 Å². The second-order valence-corrected chi connectivity index (χ2v) is 8.58. The number of carbonyl (C=O) groups is 2. The van der Waals surface area contributed by atoms with Crippen molar-refractivity contribution in [3.63, 3.8) is 0 Å². The number of benzene rings is 2. The van der Waals surface area contributed by atoms with Gasteiger partial charge in [0.15, 0.2) is 5.11 Å². The van der Waals surface area contributed by atoms with Crippen LogP contribution in [0.1, 0.15) is 24.2 Å². The zero-order valence-corrected chi connectivity index (χ0v) is 19.9. The maximum absolute atomic E-state index is 12.7. The Bertz CT molecular complexity index is 1010. The standard InChI is InChI=1S/C23H27ClN4O3S/c1-15(2)22(30)28-12-10-27(11-13-28)19-7-5-4-6-18(19)25-23(32)26-21(29)17-14-16(24)8-9-20(17)31-3/h4-9,14-15H,10-13H2,1-3H3,(H2,25,26,29,32). The van der Waals surface area contributed by atoms with Crippen LogP contribution in [0.25, 0.3) is 0 Å². The number of anilines is 2. The number of methoxy groups -OCH3 is 1. The number of carbonyl (C=O) groups excluding carboxylic acids is 2. The molecule has 2 N–H and O–H groups in total. The summed E-state index contributed by atoms with van der Waals surface area (Å²) < 4.78 is 5.24. The van der Waals surface area contributed by atoms with Crippen LogP contribution in [0.3, 0.4) is 0 Å². The molecule has 0 aromatic heterocycles. The van der Waals surface area contributed by atoms with Crippen LogP contribution < -0.4 is 20.3 Å². The van der Waals surface area contributed by atoms with Gasteiger partial charge in [-0.1, -0.05) is 37.6 Å². The van der Waals surface area contributed by atoms with Crippen LogP contribution in [-0.4, -0.2) is 55.1 Å². The third kappa shape index (κ3) is 5.69. The first-order valence-electron chi connectivity index (χ1n) is 10.4. The van der Waals surface area contributed by atoms with Crippen LogP contribution in [0.5, 0.6) is 5.75 Å². The molecule has 2 aromatic carbocycles. The van der Waals surface area contributed by atoms with Crippen LogP contribution in [0.2, 0.25) is 5.02 Å². The van der Waals surface area contributed by atoms with Crippen molar-refractivity contribution in [2.75, 3.05) is 43.5 Å². The highest BCUT2D eigenvalue weighted by molar-refractivity contribution is 7.80. The van der Waals surface area contributed by atoms with Gasteiger partial charge in [-0.05, 0) is 42.5 Å². The monoisotopic (exact) mass is 474 g/mol. The molecule has 2 amide bonds. The number of halogens is 1. The van der Waals surface area contributed by atoms with Gasteiger partial charge in [-0.2, -0.15) is 0 Å². The fourth-order valence-electron chi connectivity index (χ4n) is 3.57. The van der Waals surface area contributed by atoms with E-state index < -0.39 is 5.91 Å². The molecule has 3 rings (SSSR count). The lowest BCUT2D eigenvalue weighted by Gasteiger charge is -2.37. The van der Waals surface area contributed by atoms with Crippen molar-refractivity contribution in [1.82, 2.24) is 10.2 Å². The van der Waals surface area contributed by atoms with Gasteiger partial charge < -0.3 is 19.9 Å². The molecule has 7 nitrogen and oxygen atoms in total. The quantitative estimate of drug-likeness (QED) is 0.642. The summed E-state index contributed by atoms with van der Waals surface area (Å²) in [6.07, 6.45) is 0. The molecule has 2 aromatic rings. The Kier molecular flexibility index (Phi) is 7.93. The number of nitrogens with zero attached hydrogens (tertiary/aromatic N) is 2. The molecule has 1 heterocycles. The lowest BCUT2D eigenvalue weighted by atomic mass is 10.1. The number of hydrogen-bond donors (Lipinski definition) is 2. The molecular formula is C23H27ClN4O3S. The Morgan fingerprint density at radius 2 is 1.78 bits per heavy atom. The average molecular weight is 475 g/mol. The van der Waals surface area contributed by atoms with E-state index in [1.807, 2.05) is 43.0 Å². The van der Waals surface area contributed by atoms with Crippen molar-refractivity contribution in [2.45, 2.75) is 13.8 Å². The van der Waals surface area contributed by atoms with Crippen molar-refractivity contribution in [1.29, 1.82) is 0 Å². The Labute approximate surface area is 198 Å². The molecule has 1 fully saturated rings. The summed E-state index contributed by atoms with van der Waals surface area (Å²) in [7, 11) is 1.49. The minimum Gasteiger partial charge on any atom is -0.496 e. The number of hydrogen-bond acceptors (Lipinski definition) is 5. The molecule has 9 heteroatoms. The zero-order valence-electron chi connectivity index (χ0n) is 18.4. The fourth-order valence-corrected chi connectivity index (χ4v) is 3.94. The molecule has 32 heavy (non-hydrogen) atoms. The maximum Gasteiger partial charge on any atom is 0.261 e. The van der Waals surface area contributed by atoms with E-state index in [0.29, 0.717) is 29.4 Å². The van der Waals surface area contributed by atoms with Gasteiger partial charge in [-0.15, -0.1) is 0 Å². The zero-order chi connectivity index (χ0) is 23.3. The van der Waals surface area contributed by atoms with E-state index in [1.165, 1.54) is 13.2 Å². The Morgan fingerprint density at radius 1 is 1.09 bits per heavy atom. The summed E-state index contributed by atoms with van der Waals surface area (Å²) in [6, 6.07) is 12.6. The average Bonchev–Trinajstić information content (AvgIpc) is 2.79. The predicted molar refractivity (Wildman–Crippen MR) is 132 cm³/mol. The number of rotatable bonds is 5. The molecule has 0 radical (unpaired) electrons. The summed E-state index contributed by atoms with van der Waals surface area (Å²) in [4.78, 5) is 29.1. The van der Waals surface area contributed by atoms with Gasteiger partial charge in [-0.3, -0.25) is 14.9 Å². The van der Waals surface area contributed by atoms with Gasteiger partial charge in [0.2, 0.25) is 5.91 Å². The highest BCUT2D eigenvalue weighted by Crippen LogP contribution is 2.27. The lowest BCUT2D eigenvalue weighted by molar-refractivity contribution is -0.134. The fraction of sp³-hybridized carbons (Fsp3) is 0.348. The highest BCUT2D eigenvalue weighted by atomic mass is 35.5. The van der Waals surface area contributed by atoms with Crippen molar-refractivity contribution >= 4 is 52.1 Å². The molecule has 1 saturated heterocycles. The molecule has 1 aliphatic rings. The van der Waals surface area contributed by atoms with Gasteiger partial charge in [0.1, 0.15) is 5.75 Å². The van der Waals surface area contributed by atoms with E-state index in [-0.39, 0.29) is 16.9 Å². The second-order valence-electron chi connectivity index (χ2n) is 7.74. The first-order valence-corrected chi connectivity index (χ1v) is 11.2. The summed E-state index contributed by atoms with van der Waals surface area (Å²) in [6.45, 7) is 6.61. The molecule has 0 unspecified atom stereocenters. The van der Waals surface area contributed by atoms with E-state index in [9.17, 15) is 9.59 Å². The summed E-state index contributed by atoms with van der Waals surface area (Å²) in [5, 5.41) is 6.39. The largest absolute Gasteiger partial charge is 0.496 e. The molecule has 1 aliphatic heterocycles. The summed E-state index contributed by atoms with van der Waals surface area (Å²) in [5.74, 6) is 0.162. The number of thiocarbonyl (C=S) groups is 1. The first kappa shape index (κ1) is 23.8. The normalized spacial score (nSPS) is 13.7. The Balaban J connectivity index is 1.67. The van der Waals surface area contributed by atoms with Crippen molar-refractivity contribution in [3.8, 4) is 5.75 Å². The van der Waals surface area contributed by atoms with E-state index in [1.54, 1.807) is 12.1 Å². The SMILES string of the molecule is COc1ccc(Cl)cc1C(=O)NC(=S)Nc1ccccc1N1CCN(C(=O)C(C)C)CC1. The first-order chi connectivity index (χ1) is 15.3. The molecule has 0 saturated carbocycles. The van der Waals surface area contributed by atoms with Gasteiger partial charge in [0, 0.05) is 37.1 Å². The topological polar surface area (TPSA) is 73.9 Å². The van der Waals surface area contributed by atoms with Crippen LogP contribution in [-0.2, 0) is 4.79 Å². The summed E-state index contributed by atoms with van der Waals surface area (Å²) in [5.41, 5.74) is 2.03. The van der Waals surface area contributed by atoms with Gasteiger partial charge >= 0.3 is 0 Å². The lowest BCUT2D eigenvalue weighted by Crippen LogP contribution is -2.50. The van der Waals surface area contributed by atoms with Crippen molar-refractivity contribution in [3.05, 3.63) is 53.1 Å². The molecule has 0 bridgehead atoms. The highest BCUT2D eigenvalue weighted by Gasteiger charge is 2.24. The molecule has 0 spiro atoms. The Morgan fingerprint density at radius 3 is 2.44 bits per heavy atom. The number of amides is 2. The molecule has 170 valence electrons. The van der Waals surface area contributed by atoms with Gasteiger partial charge in [0.25, 0.3) is 5.91 Å².